The van der Waals surface area contributed by atoms with Gasteiger partial charge in [-0.25, -0.2) is 4.98 Å². The van der Waals surface area contributed by atoms with Crippen molar-refractivity contribution in [2.24, 2.45) is 0 Å². The monoisotopic (exact) mass is 315 g/mol. The van der Waals surface area contributed by atoms with Crippen molar-refractivity contribution in [3.8, 4) is 10.6 Å². The highest BCUT2D eigenvalue weighted by atomic mass is 32.1. The van der Waals surface area contributed by atoms with Crippen molar-refractivity contribution in [1.29, 1.82) is 0 Å². The van der Waals surface area contributed by atoms with E-state index in [0.717, 1.165) is 28.6 Å². The van der Waals surface area contributed by atoms with Crippen LogP contribution in [0.5, 0.6) is 0 Å². The number of hydrogen-bond acceptors (Lipinski definition) is 5. The van der Waals surface area contributed by atoms with Crippen LogP contribution in [0.15, 0.2) is 24.3 Å². The Hall–Kier alpha value is -1.43. The summed E-state index contributed by atoms with van der Waals surface area (Å²) in [6, 6.07) is 8.85. The number of nitrogens with zero attached hydrogens (tertiary/aromatic N) is 2. The van der Waals surface area contributed by atoms with Crippen LogP contribution < -0.4 is 5.73 Å². The van der Waals surface area contributed by atoms with Crippen LogP contribution in [0.3, 0.4) is 0 Å². The number of thiophene rings is 1. The second-order valence-corrected chi connectivity index (χ2v) is 7.90. The molecule has 3 aromatic rings. The lowest BCUT2D eigenvalue weighted by molar-refractivity contribution is 0.228. The zero-order valence-electron chi connectivity index (χ0n) is 12.1. The second-order valence-electron chi connectivity index (χ2n) is 5.73. The van der Waals surface area contributed by atoms with Gasteiger partial charge in [0.05, 0.1) is 15.2 Å². The number of nitrogen functional groups attached to an aromatic ring is 1. The summed E-state index contributed by atoms with van der Waals surface area (Å²) in [5.41, 5.74) is 9.93. The van der Waals surface area contributed by atoms with Crippen molar-refractivity contribution in [1.82, 2.24) is 9.88 Å². The Morgan fingerprint density at radius 1 is 1.19 bits per heavy atom. The van der Waals surface area contributed by atoms with Gasteiger partial charge in [-0.05, 0) is 31.5 Å². The lowest BCUT2D eigenvalue weighted by Gasteiger charge is -2.19. The van der Waals surface area contributed by atoms with Gasteiger partial charge in [-0.2, -0.15) is 0 Å². The summed E-state index contributed by atoms with van der Waals surface area (Å²) in [6.07, 6.45) is 0. The van der Waals surface area contributed by atoms with Crippen molar-refractivity contribution >= 4 is 37.9 Å². The molecule has 0 saturated heterocycles. The van der Waals surface area contributed by atoms with Crippen LogP contribution in [-0.4, -0.2) is 15.9 Å². The van der Waals surface area contributed by atoms with Crippen LogP contribution >= 0.6 is 22.7 Å². The Balaban J connectivity index is 1.83. The third-order valence-electron chi connectivity index (χ3n) is 4.06. The van der Waals surface area contributed by atoms with Crippen LogP contribution in [0.1, 0.15) is 24.3 Å². The molecule has 1 aliphatic rings. The van der Waals surface area contributed by atoms with Gasteiger partial charge in [0.15, 0.2) is 0 Å². The fourth-order valence-electron chi connectivity index (χ4n) is 2.85. The predicted molar refractivity (Wildman–Crippen MR) is 91.7 cm³/mol. The summed E-state index contributed by atoms with van der Waals surface area (Å²) in [4.78, 5) is 8.69. The van der Waals surface area contributed by atoms with Gasteiger partial charge in [0, 0.05) is 29.6 Å². The van der Waals surface area contributed by atoms with Gasteiger partial charge < -0.3 is 5.73 Å². The van der Waals surface area contributed by atoms with Crippen LogP contribution in [0.25, 0.3) is 20.8 Å². The molecule has 0 radical (unpaired) electrons. The van der Waals surface area contributed by atoms with Gasteiger partial charge in [0.1, 0.15) is 5.01 Å². The zero-order valence-corrected chi connectivity index (χ0v) is 13.7. The number of thiazole rings is 1. The molecular weight excluding hydrogens is 298 g/mol. The Morgan fingerprint density at radius 3 is 2.76 bits per heavy atom. The fraction of sp³-hybridized carbons (Fsp3) is 0.312. The van der Waals surface area contributed by atoms with Crippen LogP contribution in [0.2, 0.25) is 0 Å². The number of rotatable bonds is 2. The fourth-order valence-corrected chi connectivity index (χ4v) is 5.08. The maximum absolute atomic E-state index is 6.29. The van der Waals surface area contributed by atoms with E-state index in [2.05, 4.69) is 36.9 Å². The van der Waals surface area contributed by atoms with E-state index in [0.29, 0.717) is 6.04 Å². The predicted octanol–water partition coefficient (Wildman–Crippen LogP) is 4.33. The van der Waals surface area contributed by atoms with Crippen LogP contribution in [0, 0.1) is 0 Å². The maximum Gasteiger partial charge on any atom is 0.127 e. The standard InChI is InChI=1S/C16H17N3S2/c1-9(2)19-7-10-13(8-19)20-15(17)14(10)16-18-11-5-3-4-6-12(11)21-16/h3-6,9H,7-8,17H2,1-2H3. The smallest absolute Gasteiger partial charge is 0.127 e. The summed E-state index contributed by atoms with van der Waals surface area (Å²) in [7, 11) is 0. The molecule has 3 heterocycles. The van der Waals surface area contributed by atoms with Crippen molar-refractivity contribution in [3.63, 3.8) is 0 Å². The molecule has 3 nitrogen and oxygen atoms in total. The van der Waals surface area contributed by atoms with E-state index >= 15 is 0 Å². The molecule has 1 aromatic carbocycles. The molecule has 0 fully saturated rings. The van der Waals surface area contributed by atoms with Gasteiger partial charge in [0.2, 0.25) is 0 Å². The average molecular weight is 315 g/mol. The van der Waals surface area contributed by atoms with Crippen LogP contribution in [0.4, 0.5) is 5.00 Å². The number of aromatic nitrogens is 1. The molecule has 21 heavy (non-hydrogen) atoms. The van der Waals surface area contributed by atoms with Gasteiger partial charge >= 0.3 is 0 Å². The molecule has 0 bridgehead atoms. The number of nitrogens with two attached hydrogens (primary N) is 1. The molecule has 0 aliphatic carbocycles. The largest absolute Gasteiger partial charge is 0.390 e. The number of benzene rings is 1. The number of hydrogen-bond donors (Lipinski definition) is 1. The zero-order chi connectivity index (χ0) is 14.6. The lowest BCUT2D eigenvalue weighted by atomic mass is 10.1. The molecule has 0 saturated carbocycles. The van der Waals surface area contributed by atoms with Crippen molar-refractivity contribution in [2.45, 2.75) is 33.0 Å². The Kier molecular flexibility index (Phi) is 3.03. The molecule has 2 aromatic heterocycles. The summed E-state index contributed by atoms with van der Waals surface area (Å²) < 4.78 is 1.23. The topological polar surface area (TPSA) is 42.1 Å². The van der Waals surface area contributed by atoms with E-state index in [4.69, 9.17) is 10.7 Å². The Labute approximate surface area is 132 Å². The van der Waals surface area contributed by atoms with E-state index < -0.39 is 0 Å². The molecule has 108 valence electrons. The first kappa shape index (κ1) is 13.2. The quantitative estimate of drug-likeness (QED) is 0.765. The number of anilines is 1. The normalized spacial score (nSPS) is 15.2. The summed E-state index contributed by atoms with van der Waals surface area (Å²) >= 11 is 3.47. The van der Waals surface area contributed by atoms with Gasteiger partial charge in [-0.15, -0.1) is 22.7 Å². The molecule has 2 N–H and O–H groups in total. The third kappa shape index (κ3) is 2.08. The molecule has 4 rings (SSSR count). The first-order valence-corrected chi connectivity index (χ1v) is 8.77. The Morgan fingerprint density at radius 2 is 2.00 bits per heavy atom. The van der Waals surface area contributed by atoms with Crippen molar-refractivity contribution in [2.75, 3.05) is 5.73 Å². The minimum atomic E-state index is 0.564. The number of para-hydroxylation sites is 1. The molecule has 1 aliphatic heterocycles. The number of fused-ring (bicyclic) bond motifs is 2. The minimum Gasteiger partial charge on any atom is -0.390 e. The highest BCUT2D eigenvalue weighted by molar-refractivity contribution is 7.22. The van der Waals surface area contributed by atoms with E-state index in [1.807, 2.05) is 6.07 Å². The van der Waals surface area contributed by atoms with Gasteiger partial charge in [0.25, 0.3) is 0 Å². The minimum absolute atomic E-state index is 0.564. The molecule has 0 amide bonds. The van der Waals surface area contributed by atoms with Crippen molar-refractivity contribution < 1.29 is 0 Å². The second kappa shape index (κ2) is 4.80. The summed E-state index contributed by atoms with van der Waals surface area (Å²) in [5.74, 6) is 0. The maximum atomic E-state index is 6.29. The van der Waals surface area contributed by atoms with Gasteiger partial charge in [-0.1, -0.05) is 12.1 Å². The van der Waals surface area contributed by atoms with E-state index in [9.17, 15) is 0 Å². The molecular formula is C16H17N3S2. The van der Waals surface area contributed by atoms with Crippen molar-refractivity contribution in [3.05, 3.63) is 34.7 Å². The highest BCUT2D eigenvalue weighted by Gasteiger charge is 2.29. The van der Waals surface area contributed by atoms with E-state index in [1.54, 1.807) is 22.7 Å². The molecule has 5 heteroatoms. The highest BCUT2D eigenvalue weighted by Crippen LogP contribution is 2.45. The third-order valence-corrected chi connectivity index (χ3v) is 6.16. The van der Waals surface area contributed by atoms with E-state index in [1.165, 1.54) is 20.7 Å². The van der Waals surface area contributed by atoms with E-state index in [-0.39, 0.29) is 0 Å². The lowest BCUT2D eigenvalue weighted by Crippen LogP contribution is -2.24. The Bertz CT molecular complexity index is 783. The first-order chi connectivity index (χ1) is 10.1. The first-order valence-electron chi connectivity index (χ1n) is 7.13. The molecule has 0 spiro atoms. The average Bonchev–Trinajstić information content (AvgIpc) is 3.09. The summed E-state index contributed by atoms with van der Waals surface area (Å²) in [5, 5.41) is 1.99. The SMILES string of the molecule is CC(C)N1Cc2sc(N)c(-c3nc4ccccc4s3)c2C1. The van der Waals surface area contributed by atoms with Crippen LogP contribution in [-0.2, 0) is 13.1 Å². The summed E-state index contributed by atoms with van der Waals surface area (Å²) in [6.45, 7) is 6.51. The molecule has 0 atom stereocenters. The molecule has 0 unspecified atom stereocenters. The van der Waals surface area contributed by atoms with Gasteiger partial charge in [-0.3, -0.25) is 4.90 Å².